The molecular weight excluding hydrogens is 268 g/mol. The summed E-state index contributed by atoms with van der Waals surface area (Å²) < 4.78 is 0. The number of hydrogen-bond donors (Lipinski definition) is 0. The Hall–Kier alpha value is -2.11. The van der Waals surface area contributed by atoms with Gasteiger partial charge in [-0.2, -0.15) is 5.26 Å². The predicted molar refractivity (Wildman–Crippen MR) is 87.3 cm³/mol. The minimum Gasteiger partial charge on any atom is -0.297 e. The Bertz CT molecular complexity index is 716. The average molecular weight is 288 g/mol. The molecule has 2 aromatic rings. The van der Waals surface area contributed by atoms with Crippen molar-refractivity contribution < 1.29 is 0 Å². The van der Waals surface area contributed by atoms with Crippen molar-refractivity contribution in [3.63, 3.8) is 0 Å². The molecule has 4 rings (SSSR count). The first-order valence-corrected chi connectivity index (χ1v) is 8.06. The van der Waals surface area contributed by atoms with Crippen LogP contribution in [-0.4, -0.2) is 18.0 Å². The van der Waals surface area contributed by atoms with Gasteiger partial charge in [-0.25, -0.2) is 0 Å². The van der Waals surface area contributed by atoms with E-state index in [0.29, 0.717) is 0 Å². The molecule has 22 heavy (non-hydrogen) atoms. The maximum Gasteiger partial charge on any atom is 0.0699 e. The van der Waals surface area contributed by atoms with Crippen LogP contribution in [0, 0.1) is 17.2 Å². The molecule has 0 saturated carbocycles. The van der Waals surface area contributed by atoms with Crippen molar-refractivity contribution in [2.75, 3.05) is 13.1 Å². The van der Waals surface area contributed by atoms with Crippen molar-refractivity contribution in [1.29, 1.82) is 5.26 Å². The highest BCUT2D eigenvalue weighted by molar-refractivity contribution is 5.43. The molecule has 2 unspecified atom stereocenters. The molecule has 1 aliphatic heterocycles. The van der Waals surface area contributed by atoms with Crippen LogP contribution in [0.25, 0.3) is 0 Å². The lowest BCUT2D eigenvalue weighted by Gasteiger charge is -2.28. The summed E-state index contributed by atoms with van der Waals surface area (Å²) in [5.74, 6) is 0.111. The van der Waals surface area contributed by atoms with Gasteiger partial charge in [0.2, 0.25) is 0 Å². The van der Waals surface area contributed by atoms with E-state index in [4.69, 9.17) is 0 Å². The molecule has 2 aromatic carbocycles. The molecule has 2 aliphatic rings. The molecule has 2 atom stereocenters. The van der Waals surface area contributed by atoms with E-state index in [-0.39, 0.29) is 11.3 Å². The highest BCUT2D eigenvalue weighted by Crippen LogP contribution is 2.48. The fourth-order valence-corrected chi connectivity index (χ4v) is 4.38. The Balaban J connectivity index is 1.63. The van der Waals surface area contributed by atoms with Crippen LogP contribution < -0.4 is 0 Å². The largest absolute Gasteiger partial charge is 0.297 e. The molecule has 2 nitrogen and oxygen atoms in total. The average Bonchev–Trinajstić information content (AvgIpc) is 3.11. The first-order chi connectivity index (χ1) is 10.8. The first-order valence-electron chi connectivity index (χ1n) is 8.06. The second-order valence-electron chi connectivity index (χ2n) is 6.65. The zero-order chi connectivity index (χ0) is 15.0. The second-order valence-corrected chi connectivity index (χ2v) is 6.65. The van der Waals surface area contributed by atoms with Gasteiger partial charge in [-0.15, -0.1) is 0 Å². The van der Waals surface area contributed by atoms with Crippen LogP contribution in [0.1, 0.15) is 23.1 Å². The molecular formula is C20H20N2. The number of nitriles is 1. The van der Waals surface area contributed by atoms with Crippen LogP contribution >= 0.6 is 0 Å². The number of nitrogens with zero attached hydrogens (tertiary/aromatic N) is 2. The third-order valence-corrected chi connectivity index (χ3v) is 5.41. The highest BCUT2D eigenvalue weighted by atomic mass is 15.2. The fraction of sp³-hybridized carbons (Fsp3) is 0.350. The zero-order valence-electron chi connectivity index (χ0n) is 12.7. The summed E-state index contributed by atoms with van der Waals surface area (Å²) in [6.07, 6.45) is 2.24. The number of aryl methyl sites for hydroxylation is 1. The van der Waals surface area contributed by atoms with E-state index in [1.807, 2.05) is 0 Å². The van der Waals surface area contributed by atoms with Gasteiger partial charge in [0.1, 0.15) is 0 Å². The maximum absolute atomic E-state index is 9.72. The molecule has 0 N–H and O–H groups in total. The Morgan fingerprint density at radius 3 is 2.68 bits per heavy atom. The normalized spacial score (nSPS) is 27.0. The number of rotatable bonds is 2. The van der Waals surface area contributed by atoms with Crippen LogP contribution in [0.5, 0.6) is 0 Å². The van der Waals surface area contributed by atoms with E-state index in [1.165, 1.54) is 16.7 Å². The van der Waals surface area contributed by atoms with Crippen molar-refractivity contribution in [2.45, 2.75) is 24.8 Å². The third-order valence-electron chi connectivity index (χ3n) is 5.41. The second kappa shape index (κ2) is 5.26. The van der Waals surface area contributed by atoms with Gasteiger partial charge in [-0.1, -0.05) is 54.6 Å². The van der Waals surface area contributed by atoms with Crippen LogP contribution in [0.2, 0.25) is 0 Å². The summed E-state index contributed by atoms with van der Waals surface area (Å²) in [5, 5.41) is 9.72. The molecule has 0 aromatic heterocycles. The van der Waals surface area contributed by atoms with Crippen molar-refractivity contribution in [1.82, 2.24) is 4.90 Å². The molecule has 1 heterocycles. The predicted octanol–water partition coefficient (Wildman–Crippen LogP) is 3.53. The van der Waals surface area contributed by atoms with E-state index < -0.39 is 0 Å². The highest BCUT2D eigenvalue weighted by Gasteiger charge is 2.50. The molecule has 0 radical (unpaired) electrons. The lowest BCUT2D eigenvalue weighted by molar-refractivity contribution is 0.301. The van der Waals surface area contributed by atoms with E-state index in [2.05, 4.69) is 65.6 Å². The minimum atomic E-state index is 0.0557. The smallest absolute Gasteiger partial charge is 0.0699 e. The summed E-state index contributed by atoms with van der Waals surface area (Å²) in [6.45, 7) is 2.85. The van der Waals surface area contributed by atoms with Crippen molar-refractivity contribution in [3.05, 3.63) is 71.3 Å². The summed E-state index contributed by atoms with van der Waals surface area (Å²) in [7, 11) is 0. The zero-order valence-corrected chi connectivity index (χ0v) is 12.7. The molecule has 1 spiro atoms. The van der Waals surface area contributed by atoms with E-state index in [0.717, 1.165) is 32.5 Å². The van der Waals surface area contributed by atoms with E-state index >= 15 is 0 Å². The lowest BCUT2D eigenvalue weighted by atomic mass is 9.74. The molecule has 1 saturated heterocycles. The van der Waals surface area contributed by atoms with Gasteiger partial charge in [-0.3, -0.25) is 4.90 Å². The van der Waals surface area contributed by atoms with Crippen LogP contribution in [0.4, 0.5) is 0 Å². The standard InChI is InChI=1S/C20H20N2/c21-12-18-14-22(13-16-6-2-1-3-7-16)15-20(18)11-10-17-8-4-5-9-19(17)20/h1-9,18H,10-11,13-15H2. The third kappa shape index (κ3) is 2.05. The van der Waals surface area contributed by atoms with Gasteiger partial charge in [-0.05, 0) is 29.5 Å². The monoisotopic (exact) mass is 288 g/mol. The Morgan fingerprint density at radius 1 is 1.09 bits per heavy atom. The van der Waals surface area contributed by atoms with Crippen molar-refractivity contribution in [3.8, 4) is 6.07 Å². The summed E-state index contributed by atoms with van der Waals surface area (Å²) in [5.41, 5.74) is 4.27. The number of hydrogen-bond acceptors (Lipinski definition) is 2. The van der Waals surface area contributed by atoms with Crippen LogP contribution in [-0.2, 0) is 18.4 Å². The summed E-state index contributed by atoms with van der Waals surface area (Å²) in [6, 6.07) is 21.9. The molecule has 1 fully saturated rings. The van der Waals surface area contributed by atoms with Gasteiger partial charge in [0.25, 0.3) is 0 Å². The SMILES string of the molecule is N#CC1CN(Cc2ccccc2)CC12CCc1ccccc12. The van der Waals surface area contributed by atoms with Crippen LogP contribution in [0.15, 0.2) is 54.6 Å². The summed E-state index contributed by atoms with van der Waals surface area (Å²) in [4.78, 5) is 2.46. The molecule has 0 amide bonds. The Kier molecular flexibility index (Phi) is 3.24. The maximum atomic E-state index is 9.72. The minimum absolute atomic E-state index is 0.0557. The summed E-state index contributed by atoms with van der Waals surface area (Å²) >= 11 is 0. The Morgan fingerprint density at radius 2 is 1.86 bits per heavy atom. The van der Waals surface area contributed by atoms with Gasteiger partial charge >= 0.3 is 0 Å². The van der Waals surface area contributed by atoms with Gasteiger partial charge in [0.15, 0.2) is 0 Å². The van der Waals surface area contributed by atoms with Gasteiger partial charge in [0, 0.05) is 25.0 Å². The number of fused-ring (bicyclic) bond motifs is 2. The molecule has 0 bridgehead atoms. The van der Waals surface area contributed by atoms with Crippen molar-refractivity contribution in [2.24, 2.45) is 5.92 Å². The Labute approximate surface area is 132 Å². The lowest BCUT2D eigenvalue weighted by Crippen LogP contribution is -2.32. The van der Waals surface area contributed by atoms with Crippen LogP contribution in [0.3, 0.4) is 0 Å². The van der Waals surface area contributed by atoms with E-state index in [1.54, 1.807) is 0 Å². The van der Waals surface area contributed by atoms with Gasteiger partial charge in [0.05, 0.1) is 12.0 Å². The first kappa shape index (κ1) is 13.5. The van der Waals surface area contributed by atoms with Crippen molar-refractivity contribution >= 4 is 0 Å². The van der Waals surface area contributed by atoms with E-state index in [9.17, 15) is 5.26 Å². The fourth-order valence-electron chi connectivity index (χ4n) is 4.38. The quantitative estimate of drug-likeness (QED) is 0.845. The molecule has 2 heteroatoms. The number of benzene rings is 2. The van der Waals surface area contributed by atoms with Gasteiger partial charge < -0.3 is 0 Å². The topological polar surface area (TPSA) is 27.0 Å². The number of likely N-dealkylation sites (tertiary alicyclic amines) is 1. The molecule has 110 valence electrons. The molecule has 1 aliphatic carbocycles.